The van der Waals surface area contributed by atoms with E-state index in [1.807, 2.05) is 75.4 Å². The number of hydrogen-bond donors (Lipinski definition) is 1. The van der Waals surface area contributed by atoms with Gasteiger partial charge in [-0.25, -0.2) is 4.98 Å². The van der Waals surface area contributed by atoms with Gasteiger partial charge in [0.05, 0.1) is 36.3 Å². The Hall–Kier alpha value is -4.26. The van der Waals surface area contributed by atoms with Gasteiger partial charge < -0.3 is 10.1 Å². The minimum atomic E-state index is -0.793. The van der Waals surface area contributed by atoms with Crippen LogP contribution in [0.4, 0.5) is 0 Å². The molecular weight excluding hydrogens is 490 g/mol. The molecule has 0 aliphatic heterocycles. The van der Waals surface area contributed by atoms with Gasteiger partial charge in [0.2, 0.25) is 5.91 Å². The summed E-state index contributed by atoms with van der Waals surface area (Å²) in [6.45, 7) is 8.05. The number of carbonyl (C=O) groups excluding carboxylic acids is 2. The molecule has 4 aromatic rings. The number of amides is 1. The summed E-state index contributed by atoms with van der Waals surface area (Å²) in [6.07, 6.45) is 1.84. The lowest BCUT2D eigenvalue weighted by atomic mass is 9.95. The number of hydrogen-bond acceptors (Lipinski definition) is 5. The molecule has 7 heteroatoms. The number of fused-ring (bicyclic) bond motifs is 1. The van der Waals surface area contributed by atoms with Crippen molar-refractivity contribution in [2.24, 2.45) is 5.92 Å². The first-order chi connectivity index (χ1) is 18.8. The van der Waals surface area contributed by atoms with Gasteiger partial charge >= 0.3 is 5.97 Å². The van der Waals surface area contributed by atoms with Crippen molar-refractivity contribution in [2.75, 3.05) is 6.61 Å². The number of aryl methyl sites for hydroxylation is 1. The zero-order valence-electron chi connectivity index (χ0n) is 22.9. The van der Waals surface area contributed by atoms with Gasteiger partial charge in [-0.3, -0.25) is 19.0 Å². The Morgan fingerprint density at radius 3 is 2.49 bits per heavy atom. The summed E-state index contributed by atoms with van der Waals surface area (Å²) in [5, 5.41) is 3.52. The van der Waals surface area contributed by atoms with E-state index in [4.69, 9.17) is 4.74 Å². The third kappa shape index (κ3) is 6.60. The molecule has 0 saturated carbocycles. The third-order valence-electron chi connectivity index (χ3n) is 6.76. The fourth-order valence-corrected chi connectivity index (χ4v) is 4.82. The number of esters is 1. The second-order valence-electron chi connectivity index (χ2n) is 10.1. The quantitative estimate of drug-likeness (QED) is 0.266. The van der Waals surface area contributed by atoms with Crippen molar-refractivity contribution in [3.8, 4) is 11.1 Å². The van der Waals surface area contributed by atoms with Gasteiger partial charge in [-0.05, 0) is 66.6 Å². The lowest BCUT2D eigenvalue weighted by Gasteiger charge is -2.25. The minimum absolute atomic E-state index is 0.0317. The van der Waals surface area contributed by atoms with E-state index in [1.54, 1.807) is 25.1 Å². The molecule has 0 radical (unpaired) electrons. The summed E-state index contributed by atoms with van der Waals surface area (Å²) in [5.41, 5.74) is 4.28. The van der Waals surface area contributed by atoms with Crippen LogP contribution in [-0.2, 0) is 14.3 Å². The highest BCUT2D eigenvalue weighted by molar-refractivity contribution is 5.83. The highest BCUT2D eigenvalue weighted by Gasteiger charge is 2.28. The number of aromatic nitrogens is 2. The Balaban J connectivity index is 1.71. The van der Waals surface area contributed by atoms with E-state index in [1.165, 1.54) is 10.9 Å². The Kier molecular flexibility index (Phi) is 8.92. The lowest BCUT2D eigenvalue weighted by Crippen LogP contribution is -2.40. The fourth-order valence-electron chi connectivity index (χ4n) is 4.82. The van der Waals surface area contributed by atoms with E-state index in [-0.39, 0.29) is 30.4 Å². The van der Waals surface area contributed by atoms with Gasteiger partial charge in [-0.15, -0.1) is 0 Å². The van der Waals surface area contributed by atoms with Crippen LogP contribution in [0.1, 0.15) is 56.8 Å². The molecule has 1 amide bonds. The van der Waals surface area contributed by atoms with Crippen molar-refractivity contribution in [3.05, 3.63) is 101 Å². The topological polar surface area (TPSA) is 90.3 Å². The van der Waals surface area contributed by atoms with Crippen molar-refractivity contribution < 1.29 is 14.3 Å². The van der Waals surface area contributed by atoms with Gasteiger partial charge in [0.25, 0.3) is 5.56 Å². The van der Waals surface area contributed by atoms with E-state index in [2.05, 4.69) is 10.3 Å². The molecule has 1 N–H and O–H groups in total. The maximum atomic E-state index is 13.8. The molecule has 2 atom stereocenters. The molecule has 0 aliphatic carbocycles. The molecule has 3 aromatic carbocycles. The third-order valence-corrected chi connectivity index (χ3v) is 6.76. The van der Waals surface area contributed by atoms with E-state index < -0.39 is 18.1 Å². The molecule has 1 aromatic heterocycles. The van der Waals surface area contributed by atoms with Crippen molar-refractivity contribution in [2.45, 2.75) is 52.6 Å². The minimum Gasteiger partial charge on any atom is -0.466 e. The first kappa shape index (κ1) is 27.8. The second kappa shape index (κ2) is 12.5. The van der Waals surface area contributed by atoms with Crippen molar-refractivity contribution in [3.63, 3.8) is 0 Å². The van der Waals surface area contributed by atoms with Crippen LogP contribution < -0.4 is 10.9 Å². The fraction of sp³-hybridized carbons (Fsp3) is 0.312. The van der Waals surface area contributed by atoms with Crippen molar-refractivity contribution >= 4 is 22.8 Å². The van der Waals surface area contributed by atoms with Gasteiger partial charge in [-0.1, -0.05) is 68.4 Å². The van der Waals surface area contributed by atoms with E-state index in [0.29, 0.717) is 17.3 Å². The van der Waals surface area contributed by atoms with Crippen molar-refractivity contribution in [1.29, 1.82) is 0 Å². The molecule has 0 bridgehead atoms. The van der Waals surface area contributed by atoms with Crippen LogP contribution in [0.25, 0.3) is 22.0 Å². The van der Waals surface area contributed by atoms with Crippen LogP contribution in [-0.4, -0.2) is 28.0 Å². The van der Waals surface area contributed by atoms with Gasteiger partial charge in [0.1, 0.15) is 6.04 Å². The standard InChI is InChI=1S/C32H35N3O4/c1-5-39-30(36)19-28(24-13-10-12-23(18-24)25-14-7-6-11-22(25)4)34-31(37)29(17-21(2)3)35-20-33-27-16-9-8-15-26(27)32(35)38/h6-16,18,20-21,28-29H,5,17,19H2,1-4H3,(H,34,37). The average Bonchev–Trinajstić information content (AvgIpc) is 2.92. The molecule has 7 nitrogen and oxygen atoms in total. The van der Waals surface area contributed by atoms with Crippen LogP contribution in [0.3, 0.4) is 0 Å². The van der Waals surface area contributed by atoms with Crippen LogP contribution in [0.2, 0.25) is 0 Å². The Labute approximate surface area is 228 Å². The second-order valence-corrected chi connectivity index (χ2v) is 10.1. The number of carbonyl (C=O) groups is 2. The summed E-state index contributed by atoms with van der Waals surface area (Å²) in [6, 6.07) is 21.6. The van der Waals surface area contributed by atoms with Crippen molar-refractivity contribution in [1.82, 2.24) is 14.9 Å². The summed E-state index contributed by atoms with van der Waals surface area (Å²) in [7, 11) is 0. The van der Waals surface area contributed by atoms with Crippen LogP contribution in [0.5, 0.6) is 0 Å². The monoisotopic (exact) mass is 525 g/mol. The normalized spacial score (nSPS) is 12.7. The maximum absolute atomic E-state index is 13.8. The van der Waals surface area contributed by atoms with Gasteiger partial charge in [0.15, 0.2) is 0 Å². The predicted molar refractivity (Wildman–Crippen MR) is 153 cm³/mol. The molecular formula is C32H35N3O4. The maximum Gasteiger partial charge on any atom is 0.308 e. The highest BCUT2D eigenvalue weighted by atomic mass is 16.5. The van der Waals surface area contributed by atoms with Gasteiger partial charge in [0, 0.05) is 0 Å². The molecule has 4 rings (SSSR count). The highest BCUT2D eigenvalue weighted by Crippen LogP contribution is 2.28. The Bertz CT molecular complexity index is 1530. The van der Waals surface area contributed by atoms with Crippen LogP contribution >= 0.6 is 0 Å². The van der Waals surface area contributed by atoms with E-state index >= 15 is 0 Å². The molecule has 1 heterocycles. The molecule has 202 valence electrons. The molecule has 2 unspecified atom stereocenters. The predicted octanol–water partition coefficient (Wildman–Crippen LogP) is 5.77. The number of benzene rings is 3. The summed E-state index contributed by atoms with van der Waals surface area (Å²) >= 11 is 0. The lowest BCUT2D eigenvalue weighted by molar-refractivity contribution is -0.144. The molecule has 0 fully saturated rings. The SMILES string of the molecule is CCOC(=O)CC(NC(=O)C(CC(C)C)n1cnc2ccccc2c1=O)c1cccc(-c2ccccc2C)c1. The van der Waals surface area contributed by atoms with E-state index in [0.717, 1.165) is 22.3 Å². The number of rotatable bonds is 10. The zero-order valence-corrected chi connectivity index (χ0v) is 22.9. The molecule has 0 saturated heterocycles. The summed E-state index contributed by atoms with van der Waals surface area (Å²) in [4.78, 5) is 44.2. The first-order valence-corrected chi connectivity index (χ1v) is 13.4. The number of para-hydroxylation sites is 1. The Morgan fingerprint density at radius 1 is 1.00 bits per heavy atom. The average molecular weight is 526 g/mol. The largest absolute Gasteiger partial charge is 0.466 e. The molecule has 39 heavy (non-hydrogen) atoms. The summed E-state index contributed by atoms with van der Waals surface area (Å²) < 4.78 is 6.64. The number of nitrogens with zero attached hydrogens (tertiary/aromatic N) is 2. The van der Waals surface area contributed by atoms with Crippen LogP contribution in [0.15, 0.2) is 83.9 Å². The first-order valence-electron chi connectivity index (χ1n) is 13.4. The van der Waals surface area contributed by atoms with E-state index in [9.17, 15) is 14.4 Å². The Morgan fingerprint density at radius 2 is 1.74 bits per heavy atom. The summed E-state index contributed by atoms with van der Waals surface area (Å²) in [5.74, 6) is -0.625. The van der Waals surface area contributed by atoms with Gasteiger partial charge in [-0.2, -0.15) is 0 Å². The molecule has 0 spiro atoms. The van der Waals surface area contributed by atoms with Crippen LogP contribution in [0, 0.1) is 12.8 Å². The zero-order chi connectivity index (χ0) is 27.9. The number of ether oxygens (including phenoxy) is 1. The smallest absolute Gasteiger partial charge is 0.308 e. The number of nitrogens with one attached hydrogen (secondary N) is 1. The molecule has 0 aliphatic rings.